The molecule has 1 heterocycles. The van der Waals surface area contributed by atoms with Gasteiger partial charge in [0.1, 0.15) is 23.4 Å². The van der Waals surface area contributed by atoms with Crippen molar-refractivity contribution in [3.05, 3.63) is 59.4 Å². The topological polar surface area (TPSA) is 110 Å². The molecule has 1 aliphatic heterocycles. The molecule has 2 aromatic carbocycles. The molecular formula is C23H20F4N2O5. The number of benzene rings is 2. The van der Waals surface area contributed by atoms with Gasteiger partial charge in [-0.3, -0.25) is 9.59 Å². The summed E-state index contributed by atoms with van der Waals surface area (Å²) in [6.45, 7) is 0. The predicted molar refractivity (Wildman–Crippen MR) is 111 cm³/mol. The molecule has 1 fully saturated rings. The van der Waals surface area contributed by atoms with E-state index in [9.17, 15) is 37.1 Å². The number of aldehydes is 1. The van der Waals surface area contributed by atoms with Crippen LogP contribution in [0.25, 0.3) is 0 Å². The Hall–Kier alpha value is -3.47. The summed E-state index contributed by atoms with van der Waals surface area (Å²) in [4.78, 5) is 38.2. The number of amides is 1. The van der Waals surface area contributed by atoms with E-state index in [1.807, 2.05) is 0 Å². The van der Waals surface area contributed by atoms with Gasteiger partial charge in [-0.1, -0.05) is 6.07 Å². The van der Waals surface area contributed by atoms with Crippen LogP contribution in [-0.4, -0.2) is 41.2 Å². The number of hydrogen-bond donors (Lipinski definition) is 2. The van der Waals surface area contributed by atoms with Gasteiger partial charge in [0.2, 0.25) is 0 Å². The average Bonchev–Trinajstić information content (AvgIpc) is 2.73. The van der Waals surface area contributed by atoms with Crippen LogP contribution in [0.15, 0.2) is 42.5 Å². The lowest BCUT2D eigenvalue weighted by molar-refractivity contribution is -0.274. The first-order valence-electron chi connectivity index (χ1n) is 10.4. The number of nitrogens with two attached hydrogens (primary N) is 1. The summed E-state index contributed by atoms with van der Waals surface area (Å²) in [5.74, 6) is -4.79. The van der Waals surface area contributed by atoms with E-state index < -0.39 is 59.6 Å². The van der Waals surface area contributed by atoms with Crippen molar-refractivity contribution in [1.29, 1.82) is 0 Å². The Labute approximate surface area is 191 Å². The van der Waals surface area contributed by atoms with E-state index in [2.05, 4.69) is 4.74 Å². The molecule has 0 bridgehead atoms. The third-order valence-electron chi connectivity index (χ3n) is 6.54. The summed E-state index contributed by atoms with van der Waals surface area (Å²) in [6, 6.07) is 7.54. The van der Waals surface area contributed by atoms with Crippen LogP contribution in [0, 0.1) is 11.7 Å². The van der Waals surface area contributed by atoms with Crippen LogP contribution < -0.4 is 15.4 Å². The number of alkyl halides is 3. The fourth-order valence-electron chi connectivity index (χ4n) is 4.99. The van der Waals surface area contributed by atoms with Crippen molar-refractivity contribution < 1.29 is 41.8 Å². The fraction of sp³-hybridized carbons (Fsp3) is 0.348. The molecule has 180 valence electrons. The number of rotatable bonds is 6. The molecular weight excluding hydrogens is 460 g/mol. The number of halogens is 4. The quantitative estimate of drug-likeness (QED) is 0.483. The number of carboxylic acid groups (broad SMARTS) is 1. The van der Waals surface area contributed by atoms with Gasteiger partial charge in [0.05, 0.1) is 0 Å². The van der Waals surface area contributed by atoms with Crippen molar-refractivity contribution in [1.82, 2.24) is 0 Å². The number of nitrogens with zero attached hydrogens (tertiary/aromatic N) is 1. The molecule has 11 heteroatoms. The fourth-order valence-corrected chi connectivity index (χ4v) is 4.99. The molecule has 3 N–H and O–H groups in total. The van der Waals surface area contributed by atoms with Crippen molar-refractivity contribution >= 4 is 23.9 Å². The SMILES string of the molecule is NC(CC=O)(C(=O)O)C1c2cc(F)ccc2N(C(=O)c2cccc(OC(F)(F)F)c2)C2CCC21. The maximum atomic E-state index is 14.3. The molecule has 0 radical (unpaired) electrons. The highest BCUT2D eigenvalue weighted by molar-refractivity contribution is 6.08. The van der Waals surface area contributed by atoms with Gasteiger partial charge in [0.25, 0.3) is 5.91 Å². The molecule has 0 saturated heterocycles. The van der Waals surface area contributed by atoms with Gasteiger partial charge in [-0.05, 0) is 60.7 Å². The Morgan fingerprint density at radius 1 is 1.18 bits per heavy atom. The van der Waals surface area contributed by atoms with Crippen LogP contribution in [0.3, 0.4) is 0 Å². The summed E-state index contributed by atoms with van der Waals surface area (Å²) >= 11 is 0. The van der Waals surface area contributed by atoms with E-state index >= 15 is 0 Å². The maximum Gasteiger partial charge on any atom is 0.573 e. The number of carboxylic acids is 1. The summed E-state index contributed by atoms with van der Waals surface area (Å²) in [6.07, 6.45) is -4.12. The maximum absolute atomic E-state index is 14.3. The number of carbonyl (C=O) groups is 3. The first kappa shape index (κ1) is 23.7. The summed E-state index contributed by atoms with van der Waals surface area (Å²) in [5, 5.41) is 9.85. The van der Waals surface area contributed by atoms with E-state index in [1.54, 1.807) is 0 Å². The summed E-state index contributed by atoms with van der Waals surface area (Å²) in [5.41, 5.74) is 4.45. The molecule has 1 aliphatic carbocycles. The molecule has 0 aromatic heterocycles. The highest BCUT2D eigenvalue weighted by Gasteiger charge is 2.57. The van der Waals surface area contributed by atoms with E-state index in [-0.39, 0.29) is 16.8 Å². The number of ether oxygens (including phenoxy) is 1. The highest BCUT2D eigenvalue weighted by Crippen LogP contribution is 2.55. The molecule has 4 rings (SSSR count). The smallest absolute Gasteiger partial charge is 0.480 e. The van der Waals surface area contributed by atoms with Gasteiger partial charge in [0.15, 0.2) is 0 Å². The second-order valence-electron chi connectivity index (χ2n) is 8.46. The van der Waals surface area contributed by atoms with E-state index in [0.717, 1.165) is 24.3 Å². The minimum atomic E-state index is -4.94. The molecule has 1 saturated carbocycles. The van der Waals surface area contributed by atoms with Gasteiger partial charge >= 0.3 is 12.3 Å². The molecule has 4 atom stereocenters. The van der Waals surface area contributed by atoms with Crippen molar-refractivity contribution in [3.8, 4) is 5.75 Å². The second kappa shape index (κ2) is 8.39. The normalized spacial score (nSPS) is 23.1. The van der Waals surface area contributed by atoms with Crippen molar-refractivity contribution in [2.45, 2.75) is 43.1 Å². The van der Waals surface area contributed by atoms with Crippen LogP contribution in [0.4, 0.5) is 23.2 Å². The molecule has 4 unspecified atom stereocenters. The summed E-state index contributed by atoms with van der Waals surface area (Å²) < 4.78 is 56.1. The van der Waals surface area contributed by atoms with Crippen LogP contribution in [-0.2, 0) is 9.59 Å². The largest absolute Gasteiger partial charge is 0.573 e. The number of aliphatic carboxylic acids is 1. The lowest BCUT2D eigenvalue weighted by atomic mass is 9.58. The van der Waals surface area contributed by atoms with Gasteiger partial charge in [-0.25, -0.2) is 4.39 Å². The minimum Gasteiger partial charge on any atom is -0.480 e. The lowest BCUT2D eigenvalue weighted by Crippen LogP contribution is -2.64. The first-order chi connectivity index (χ1) is 16.0. The van der Waals surface area contributed by atoms with Gasteiger partial charge in [0, 0.05) is 29.6 Å². The third kappa shape index (κ3) is 4.00. The Morgan fingerprint density at radius 2 is 1.91 bits per heavy atom. The second-order valence-corrected chi connectivity index (χ2v) is 8.46. The van der Waals surface area contributed by atoms with Crippen LogP contribution in [0.5, 0.6) is 5.75 Å². The van der Waals surface area contributed by atoms with E-state index in [4.69, 9.17) is 5.73 Å². The molecule has 2 aromatic rings. The predicted octanol–water partition coefficient (Wildman–Crippen LogP) is 3.62. The molecule has 1 amide bonds. The van der Waals surface area contributed by atoms with Crippen molar-refractivity contribution in [3.63, 3.8) is 0 Å². The molecule has 34 heavy (non-hydrogen) atoms. The Kier molecular flexibility index (Phi) is 5.84. The van der Waals surface area contributed by atoms with Crippen LogP contribution >= 0.6 is 0 Å². The molecule has 0 spiro atoms. The monoisotopic (exact) mass is 480 g/mol. The number of hydrogen-bond acceptors (Lipinski definition) is 5. The highest BCUT2D eigenvalue weighted by atomic mass is 19.4. The zero-order valence-corrected chi connectivity index (χ0v) is 17.6. The van der Waals surface area contributed by atoms with Crippen LogP contribution in [0.2, 0.25) is 0 Å². The summed E-state index contributed by atoms with van der Waals surface area (Å²) in [7, 11) is 0. The Morgan fingerprint density at radius 3 is 2.50 bits per heavy atom. The Balaban J connectivity index is 1.80. The van der Waals surface area contributed by atoms with Gasteiger partial charge in [-0.15, -0.1) is 13.2 Å². The van der Waals surface area contributed by atoms with Gasteiger partial charge < -0.3 is 25.3 Å². The zero-order chi connectivity index (χ0) is 24.8. The number of fused-ring (bicyclic) bond motifs is 2. The first-order valence-corrected chi connectivity index (χ1v) is 10.4. The number of anilines is 1. The van der Waals surface area contributed by atoms with Gasteiger partial charge in [-0.2, -0.15) is 0 Å². The van der Waals surface area contributed by atoms with Crippen molar-refractivity contribution in [2.24, 2.45) is 11.7 Å². The number of carbonyl (C=O) groups excluding carboxylic acids is 2. The van der Waals surface area contributed by atoms with E-state index in [0.29, 0.717) is 19.1 Å². The molecule has 7 nitrogen and oxygen atoms in total. The zero-order valence-electron chi connectivity index (χ0n) is 17.6. The Bertz CT molecular complexity index is 1150. The van der Waals surface area contributed by atoms with E-state index in [1.165, 1.54) is 23.1 Å². The lowest BCUT2D eigenvalue weighted by Gasteiger charge is -2.55. The third-order valence-corrected chi connectivity index (χ3v) is 6.54. The van der Waals surface area contributed by atoms with Crippen molar-refractivity contribution in [2.75, 3.05) is 4.90 Å². The standard InChI is InChI=1S/C23H20F4N2O5/c24-13-4-6-18-16(11-13)19(22(28,8-9-30)21(32)33)15-5-7-17(15)29(18)20(31)12-2-1-3-14(10-12)34-23(25,26)27/h1-4,6,9-11,15,17,19H,5,7-8,28H2,(H,32,33). The van der Waals surface area contributed by atoms with Crippen LogP contribution in [0.1, 0.15) is 41.1 Å². The molecule has 2 aliphatic rings. The average molecular weight is 480 g/mol. The minimum absolute atomic E-state index is 0.0914.